The number of nitrogens with zero attached hydrogens (tertiary/aromatic N) is 3. The van der Waals surface area contributed by atoms with Crippen LogP contribution in [-0.4, -0.2) is 39.8 Å². The van der Waals surface area contributed by atoms with Gasteiger partial charge in [-0.2, -0.15) is 5.10 Å². The second kappa shape index (κ2) is 6.12. The molecule has 2 aromatic rings. The third-order valence-corrected chi connectivity index (χ3v) is 4.73. The van der Waals surface area contributed by atoms with Gasteiger partial charge in [0.15, 0.2) is 0 Å². The average Bonchev–Trinajstić information content (AvgIpc) is 2.95. The van der Waals surface area contributed by atoms with Crippen molar-refractivity contribution in [2.45, 2.75) is 38.3 Å². The lowest BCUT2D eigenvalue weighted by atomic mass is 9.91. The van der Waals surface area contributed by atoms with Crippen LogP contribution in [-0.2, 0) is 25.8 Å². The summed E-state index contributed by atoms with van der Waals surface area (Å²) in [5.41, 5.74) is 4.34. The van der Waals surface area contributed by atoms with Crippen molar-refractivity contribution in [2.24, 2.45) is 0 Å². The number of hydrogen-bond acceptors (Lipinski definition) is 4. The molecule has 2 N–H and O–H groups in total. The summed E-state index contributed by atoms with van der Waals surface area (Å²) in [4.78, 5) is 16.2. The van der Waals surface area contributed by atoms with Crippen LogP contribution in [0.15, 0.2) is 24.5 Å². The van der Waals surface area contributed by atoms with Crippen LogP contribution in [0, 0.1) is 0 Å². The first-order chi connectivity index (χ1) is 11.3. The summed E-state index contributed by atoms with van der Waals surface area (Å²) in [5.74, 6) is 0.0300. The summed E-state index contributed by atoms with van der Waals surface area (Å²) < 4.78 is 1.89. The van der Waals surface area contributed by atoms with Crippen LogP contribution in [0.3, 0.4) is 0 Å². The van der Waals surface area contributed by atoms with Crippen LogP contribution in [0.2, 0.25) is 0 Å². The summed E-state index contributed by atoms with van der Waals surface area (Å²) in [5, 5.41) is 11.2. The number of aryl methyl sites for hydroxylation is 1. The van der Waals surface area contributed by atoms with Gasteiger partial charge in [0.25, 0.3) is 5.91 Å². The van der Waals surface area contributed by atoms with E-state index in [1.54, 1.807) is 0 Å². The number of nitrogens with one attached hydrogen (secondary N) is 2. The first kappa shape index (κ1) is 14.4. The Morgan fingerprint density at radius 3 is 3.09 bits per heavy atom. The highest BCUT2D eigenvalue weighted by Gasteiger charge is 2.30. The van der Waals surface area contributed by atoms with Crippen molar-refractivity contribution in [3.8, 4) is 0 Å². The Hall–Kier alpha value is -2.21. The normalized spacial score (nSPS) is 19.8. The number of pyridine rings is 1. The van der Waals surface area contributed by atoms with Crippen molar-refractivity contribution >= 4 is 5.91 Å². The number of aromatic nitrogens is 3. The predicted molar refractivity (Wildman–Crippen MR) is 86.3 cm³/mol. The molecule has 0 saturated heterocycles. The van der Waals surface area contributed by atoms with E-state index in [1.807, 2.05) is 17.1 Å². The van der Waals surface area contributed by atoms with Crippen LogP contribution in [0.1, 0.15) is 33.7 Å². The molecule has 3 heterocycles. The van der Waals surface area contributed by atoms with Gasteiger partial charge >= 0.3 is 0 Å². The van der Waals surface area contributed by atoms with E-state index in [1.165, 1.54) is 5.56 Å². The molecule has 0 aromatic carbocycles. The molecule has 6 heteroatoms. The molecule has 120 valence electrons. The maximum atomic E-state index is 12.1. The fourth-order valence-electron chi connectivity index (χ4n) is 3.54. The van der Waals surface area contributed by atoms with Crippen LogP contribution < -0.4 is 10.6 Å². The fraction of sp³-hybridized carbons (Fsp3) is 0.471. The Bertz CT molecular complexity index is 709. The number of hydrogen-bond donors (Lipinski definition) is 2. The van der Waals surface area contributed by atoms with Gasteiger partial charge in [0, 0.05) is 30.5 Å². The molecular weight excluding hydrogens is 290 g/mol. The molecule has 2 aliphatic rings. The zero-order chi connectivity index (χ0) is 15.6. The highest BCUT2D eigenvalue weighted by molar-refractivity contribution is 5.95. The van der Waals surface area contributed by atoms with Gasteiger partial charge in [-0.1, -0.05) is 0 Å². The Balaban J connectivity index is 1.41. The lowest BCUT2D eigenvalue weighted by Gasteiger charge is -2.24. The molecule has 0 spiro atoms. The smallest absolute Gasteiger partial charge is 0.269 e. The zero-order valence-electron chi connectivity index (χ0n) is 13.1. The first-order valence-corrected chi connectivity index (χ1v) is 8.30. The molecule has 0 fully saturated rings. The number of fused-ring (bicyclic) bond motifs is 3. The minimum atomic E-state index is 0.0300. The SMILES string of the molecule is O=C1NCCn2nc3c(c21)CC(NCCc1ccncc1)CC3. The van der Waals surface area contributed by atoms with Crippen molar-refractivity contribution in [3.63, 3.8) is 0 Å². The molecule has 2 aromatic heterocycles. The van der Waals surface area contributed by atoms with Crippen molar-refractivity contribution in [3.05, 3.63) is 47.0 Å². The highest BCUT2D eigenvalue weighted by atomic mass is 16.2. The van der Waals surface area contributed by atoms with E-state index < -0.39 is 0 Å². The number of rotatable bonds is 4. The van der Waals surface area contributed by atoms with Crippen LogP contribution in [0.5, 0.6) is 0 Å². The van der Waals surface area contributed by atoms with E-state index in [0.717, 1.165) is 55.7 Å². The minimum Gasteiger partial charge on any atom is -0.349 e. The van der Waals surface area contributed by atoms with Crippen molar-refractivity contribution in [2.75, 3.05) is 13.1 Å². The van der Waals surface area contributed by atoms with Gasteiger partial charge in [0.05, 0.1) is 12.2 Å². The third-order valence-electron chi connectivity index (χ3n) is 4.73. The number of carbonyl (C=O) groups excluding carboxylic acids is 1. The van der Waals surface area contributed by atoms with Crippen molar-refractivity contribution in [1.82, 2.24) is 25.4 Å². The van der Waals surface area contributed by atoms with Crippen LogP contribution in [0.4, 0.5) is 0 Å². The molecule has 23 heavy (non-hydrogen) atoms. The molecule has 1 atom stereocenters. The molecule has 0 radical (unpaired) electrons. The predicted octanol–water partition coefficient (Wildman–Crippen LogP) is 0.711. The second-order valence-electron chi connectivity index (χ2n) is 6.25. The Kier molecular flexibility index (Phi) is 3.83. The minimum absolute atomic E-state index is 0.0300. The Morgan fingerprint density at radius 1 is 1.35 bits per heavy atom. The molecule has 4 rings (SSSR count). The van der Waals surface area contributed by atoms with Gasteiger partial charge in [-0.05, 0) is 49.9 Å². The summed E-state index contributed by atoms with van der Waals surface area (Å²) in [6.07, 6.45) is 7.60. The largest absolute Gasteiger partial charge is 0.349 e. The molecule has 0 bridgehead atoms. The molecular formula is C17H21N5O. The van der Waals surface area contributed by atoms with E-state index in [4.69, 9.17) is 0 Å². The number of amides is 1. The molecule has 6 nitrogen and oxygen atoms in total. The average molecular weight is 311 g/mol. The van der Waals surface area contributed by atoms with E-state index in [2.05, 4.69) is 32.8 Å². The Labute approximate surface area is 135 Å². The van der Waals surface area contributed by atoms with E-state index >= 15 is 0 Å². The Morgan fingerprint density at radius 2 is 2.22 bits per heavy atom. The van der Waals surface area contributed by atoms with Gasteiger partial charge in [-0.3, -0.25) is 14.5 Å². The first-order valence-electron chi connectivity index (χ1n) is 8.30. The lowest BCUT2D eigenvalue weighted by molar-refractivity contribution is 0.0923. The summed E-state index contributed by atoms with van der Waals surface area (Å²) >= 11 is 0. The quantitative estimate of drug-likeness (QED) is 0.872. The van der Waals surface area contributed by atoms with Gasteiger partial charge in [0.2, 0.25) is 0 Å². The second-order valence-corrected chi connectivity index (χ2v) is 6.25. The van der Waals surface area contributed by atoms with Crippen molar-refractivity contribution in [1.29, 1.82) is 0 Å². The summed E-state index contributed by atoms with van der Waals surface area (Å²) in [7, 11) is 0. The fourth-order valence-corrected chi connectivity index (χ4v) is 3.54. The van der Waals surface area contributed by atoms with Gasteiger partial charge in [0.1, 0.15) is 5.69 Å². The number of carbonyl (C=O) groups is 1. The zero-order valence-corrected chi connectivity index (χ0v) is 13.1. The monoisotopic (exact) mass is 311 g/mol. The highest BCUT2D eigenvalue weighted by Crippen LogP contribution is 2.25. The standard InChI is InChI=1S/C17H21N5O/c23-17-16-14-11-13(19-8-5-12-3-6-18-7-4-12)1-2-15(14)21-22(16)10-9-20-17/h3-4,6-7,13,19H,1-2,5,8-11H2,(H,20,23). The van der Waals surface area contributed by atoms with Gasteiger partial charge < -0.3 is 10.6 Å². The van der Waals surface area contributed by atoms with E-state index in [-0.39, 0.29) is 5.91 Å². The topological polar surface area (TPSA) is 71.8 Å². The third kappa shape index (κ3) is 2.86. The lowest BCUT2D eigenvalue weighted by Crippen LogP contribution is -2.38. The summed E-state index contributed by atoms with van der Waals surface area (Å²) in [6.45, 7) is 2.41. The van der Waals surface area contributed by atoms with Gasteiger partial charge in [-0.15, -0.1) is 0 Å². The van der Waals surface area contributed by atoms with Gasteiger partial charge in [-0.25, -0.2) is 0 Å². The molecule has 1 aliphatic heterocycles. The maximum Gasteiger partial charge on any atom is 0.269 e. The van der Waals surface area contributed by atoms with E-state index in [0.29, 0.717) is 12.6 Å². The van der Waals surface area contributed by atoms with Crippen LogP contribution >= 0.6 is 0 Å². The molecule has 1 unspecified atom stereocenters. The molecule has 1 aliphatic carbocycles. The maximum absolute atomic E-state index is 12.1. The summed E-state index contributed by atoms with van der Waals surface area (Å²) in [6, 6.07) is 4.53. The molecule has 1 amide bonds. The van der Waals surface area contributed by atoms with E-state index in [9.17, 15) is 4.79 Å². The molecule has 0 saturated carbocycles. The van der Waals surface area contributed by atoms with Crippen molar-refractivity contribution < 1.29 is 4.79 Å². The van der Waals surface area contributed by atoms with Crippen LogP contribution in [0.25, 0.3) is 0 Å².